The van der Waals surface area contributed by atoms with Crippen LogP contribution in [0.5, 0.6) is 0 Å². The molecule has 0 saturated heterocycles. The number of hydrogen-bond donors (Lipinski definition) is 3. The molecule has 0 rings (SSSR count). The Balaban J connectivity index is 3.59. The highest BCUT2D eigenvalue weighted by molar-refractivity contribution is 5.76. The molecule has 0 aliphatic heterocycles. The van der Waals surface area contributed by atoms with Crippen LogP contribution in [0.3, 0.4) is 0 Å². The molecular weight excluding hydrogens is 723 g/mol. The third-order valence-electron chi connectivity index (χ3n) is 10.2. The minimum Gasteiger partial charge on any atom is -0.394 e. The maximum absolute atomic E-state index is 12.4. The Labute approximate surface area is 365 Å². The normalized spacial score (nSPS) is 14.0. The molecule has 0 saturated carbocycles. The van der Waals surface area contributed by atoms with Gasteiger partial charge in [0.05, 0.1) is 18.8 Å². The van der Waals surface area contributed by atoms with Gasteiger partial charge in [-0.25, -0.2) is 0 Å². The van der Waals surface area contributed by atoms with Gasteiger partial charge in [-0.2, -0.15) is 0 Å². The average molecular weight is 814 g/mol. The molecule has 0 aromatic carbocycles. The van der Waals surface area contributed by atoms with Gasteiger partial charge in [-0.15, -0.1) is 0 Å². The molecule has 0 aliphatic carbocycles. The van der Waals surface area contributed by atoms with Crippen LogP contribution < -0.4 is 5.32 Å². The summed E-state index contributed by atoms with van der Waals surface area (Å²) in [6, 6.07) is -0.652. The van der Waals surface area contributed by atoms with Crippen LogP contribution in [0.2, 0.25) is 0 Å². The maximum Gasteiger partial charge on any atom is 0.220 e. The Bertz CT molecular complexity index is 1200. The van der Waals surface area contributed by atoms with Crippen molar-refractivity contribution in [3.8, 4) is 0 Å². The molecule has 0 spiro atoms. The zero-order chi connectivity index (χ0) is 42.8. The Hall–Kier alpha value is -3.21. The number of allylic oxidation sites excluding steroid dienone is 19. The summed E-state index contributed by atoms with van der Waals surface area (Å²) in [6.45, 7) is 4.11. The lowest BCUT2D eigenvalue weighted by Gasteiger charge is -2.19. The smallest absolute Gasteiger partial charge is 0.220 e. The van der Waals surface area contributed by atoms with Gasteiger partial charge in [0, 0.05) is 6.42 Å². The standard InChI is InChI=1S/C55H91NO3/c1-3-5-7-9-11-13-15-17-18-19-20-21-22-23-24-25-26-27-28-29-30-31-32-33-34-35-36-37-38-39-41-43-45-47-49-51-55(59)56-53(52-57)54(58)50-48-46-44-42-40-16-14-12-10-8-6-4-2/h5,7,10-13,17-18,20-21,23-24,26-27,29-30,40,42,48,50,53-54,57-58H,3-4,6,8-9,14-16,19,22,25,28,31-39,41,43-47,49,51-52H2,1-2H3,(H,56,59)/b7-5-,12-10+,13-11-,18-17-,21-20-,24-23-,27-26-,30-29-,42-40+,50-48+. The number of carbonyl (C=O) groups excluding carboxylic acids is 1. The quantitative estimate of drug-likeness (QED) is 0.0425. The molecule has 0 aromatic rings. The van der Waals surface area contributed by atoms with Gasteiger partial charge in [-0.05, 0) is 96.3 Å². The molecule has 3 N–H and O–H groups in total. The average Bonchev–Trinajstić information content (AvgIpc) is 3.24. The van der Waals surface area contributed by atoms with Crippen molar-refractivity contribution in [2.75, 3.05) is 6.61 Å². The molecule has 4 heteroatoms. The fourth-order valence-corrected chi connectivity index (χ4v) is 6.47. The van der Waals surface area contributed by atoms with Gasteiger partial charge >= 0.3 is 0 Å². The van der Waals surface area contributed by atoms with Crippen molar-refractivity contribution in [2.24, 2.45) is 0 Å². The molecule has 59 heavy (non-hydrogen) atoms. The zero-order valence-corrected chi connectivity index (χ0v) is 38.2. The Morgan fingerprint density at radius 1 is 0.424 bits per heavy atom. The first kappa shape index (κ1) is 55.8. The zero-order valence-electron chi connectivity index (χ0n) is 38.2. The molecule has 0 radical (unpaired) electrons. The highest BCUT2D eigenvalue weighted by Gasteiger charge is 2.17. The summed E-state index contributed by atoms with van der Waals surface area (Å²) in [7, 11) is 0. The first-order valence-electron chi connectivity index (χ1n) is 24.2. The van der Waals surface area contributed by atoms with E-state index < -0.39 is 12.1 Å². The van der Waals surface area contributed by atoms with E-state index in [-0.39, 0.29) is 12.5 Å². The molecule has 0 fully saturated rings. The second-order valence-electron chi connectivity index (χ2n) is 15.8. The van der Waals surface area contributed by atoms with E-state index in [4.69, 9.17) is 0 Å². The summed E-state index contributed by atoms with van der Waals surface area (Å²) >= 11 is 0. The van der Waals surface area contributed by atoms with Crippen LogP contribution in [0.15, 0.2) is 122 Å². The molecule has 1 amide bonds. The van der Waals surface area contributed by atoms with Gasteiger partial charge < -0.3 is 15.5 Å². The number of carbonyl (C=O) groups is 1. The van der Waals surface area contributed by atoms with E-state index in [1.807, 2.05) is 6.08 Å². The van der Waals surface area contributed by atoms with Crippen LogP contribution in [0, 0.1) is 0 Å². The molecule has 4 nitrogen and oxygen atoms in total. The van der Waals surface area contributed by atoms with Crippen LogP contribution in [0.25, 0.3) is 0 Å². The number of amides is 1. The number of rotatable bonds is 42. The predicted octanol–water partition coefficient (Wildman–Crippen LogP) is 15.7. The summed E-state index contributed by atoms with van der Waals surface area (Å²) in [5.41, 5.74) is 0. The lowest BCUT2D eigenvalue weighted by molar-refractivity contribution is -0.123. The third kappa shape index (κ3) is 45.7. The van der Waals surface area contributed by atoms with E-state index in [0.717, 1.165) is 83.5 Å². The van der Waals surface area contributed by atoms with Crippen molar-refractivity contribution in [3.05, 3.63) is 122 Å². The predicted molar refractivity (Wildman–Crippen MR) is 262 cm³/mol. The van der Waals surface area contributed by atoms with Crippen molar-refractivity contribution in [1.29, 1.82) is 0 Å². The molecule has 2 atom stereocenters. The molecule has 0 aliphatic rings. The first-order chi connectivity index (χ1) is 29.2. The maximum atomic E-state index is 12.4. The number of aliphatic hydroxyl groups excluding tert-OH is 2. The second kappa shape index (κ2) is 49.2. The van der Waals surface area contributed by atoms with E-state index in [0.29, 0.717) is 6.42 Å². The van der Waals surface area contributed by atoms with Crippen molar-refractivity contribution in [2.45, 2.75) is 212 Å². The summed E-state index contributed by atoms with van der Waals surface area (Å²) in [5, 5.41) is 22.9. The Morgan fingerprint density at radius 3 is 1.19 bits per heavy atom. The fraction of sp³-hybridized carbons (Fsp3) is 0.618. The van der Waals surface area contributed by atoms with Crippen LogP contribution in [0.4, 0.5) is 0 Å². The minimum atomic E-state index is -0.876. The number of unbranched alkanes of at least 4 members (excludes halogenated alkanes) is 17. The van der Waals surface area contributed by atoms with Crippen LogP contribution in [0.1, 0.15) is 200 Å². The highest BCUT2D eigenvalue weighted by atomic mass is 16.3. The number of nitrogens with one attached hydrogen (secondary N) is 1. The van der Waals surface area contributed by atoms with Crippen LogP contribution in [-0.4, -0.2) is 34.9 Å². The van der Waals surface area contributed by atoms with E-state index in [9.17, 15) is 15.0 Å². The largest absolute Gasteiger partial charge is 0.394 e. The van der Waals surface area contributed by atoms with Crippen molar-refractivity contribution in [3.63, 3.8) is 0 Å². The van der Waals surface area contributed by atoms with E-state index >= 15 is 0 Å². The summed E-state index contributed by atoms with van der Waals surface area (Å²) in [6.07, 6.45) is 76.1. The minimum absolute atomic E-state index is 0.0866. The number of aliphatic hydroxyl groups is 2. The van der Waals surface area contributed by atoms with Gasteiger partial charge in [-0.3, -0.25) is 4.79 Å². The van der Waals surface area contributed by atoms with E-state index in [1.54, 1.807) is 6.08 Å². The molecule has 0 aromatic heterocycles. The molecule has 2 unspecified atom stereocenters. The molecule has 0 heterocycles. The monoisotopic (exact) mass is 814 g/mol. The fourth-order valence-electron chi connectivity index (χ4n) is 6.47. The third-order valence-corrected chi connectivity index (χ3v) is 10.2. The lowest BCUT2D eigenvalue weighted by Crippen LogP contribution is -2.45. The summed E-state index contributed by atoms with van der Waals surface area (Å²) < 4.78 is 0. The summed E-state index contributed by atoms with van der Waals surface area (Å²) in [5.74, 6) is -0.0866. The van der Waals surface area contributed by atoms with Crippen LogP contribution in [-0.2, 0) is 4.79 Å². The topological polar surface area (TPSA) is 69.6 Å². The lowest BCUT2D eigenvalue weighted by atomic mass is 10.0. The first-order valence-corrected chi connectivity index (χ1v) is 24.2. The van der Waals surface area contributed by atoms with Crippen molar-refractivity contribution < 1.29 is 15.0 Å². The molecular formula is C55H91NO3. The van der Waals surface area contributed by atoms with Gasteiger partial charge in [0.2, 0.25) is 5.91 Å². The van der Waals surface area contributed by atoms with Gasteiger partial charge in [0.15, 0.2) is 0 Å². The van der Waals surface area contributed by atoms with E-state index in [2.05, 4.69) is 129 Å². The van der Waals surface area contributed by atoms with Crippen molar-refractivity contribution in [1.82, 2.24) is 5.32 Å². The second-order valence-corrected chi connectivity index (χ2v) is 15.8. The molecule has 0 bridgehead atoms. The van der Waals surface area contributed by atoms with Gasteiger partial charge in [0.25, 0.3) is 0 Å². The van der Waals surface area contributed by atoms with Crippen LogP contribution >= 0.6 is 0 Å². The van der Waals surface area contributed by atoms with Crippen molar-refractivity contribution >= 4 is 5.91 Å². The van der Waals surface area contributed by atoms with Gasteiger partial charge in [0.1, 0.15) is 0 Å². The Kier molecular flexibility index (Phi) is 46.5. The highest BCUT2D eigenvalue weighted by Crippen LogP contribution is 2.14. The Morgan fingerprint density at radius 2 is 0.763 bits per heavy atom. The number of hydrogen-bond acceptors (Lipinski definition) is 3. The summed E-state index contributed by atoms with van der Waals surface area (Å²) in [4.78, 5) is 12.4. The molecule has 334 valence electrons. The van der Waals surface area contributed by atoms with Gasteiger partial charge in [-0.1, -0.05) is 219 Å². The van der Waals surface area contributed by atoms with E-state index in [1.165, 1.54) is 96.3 Å². The SMILES string of the molecule is CC/C=C\C/C=C\C/C=C\C/C=C\C/C=C\C/C=C\C/C=C\CCCCCCCCCCCCCCCC(=O)NC(CO)C(O)/C=C/CC/C=C/CC/C=C/CCCC.